The zero-order chi connectivity index (χ0) is 17.5. The van der Waals surface area contributed by atoms with Gasteiger partial charge in [0.1, 0.15) is 19.0 Å². The van der Waals surface area contributed by atoms with Crippen LogP contribution in [0.3, 0.4) is 0 Å². The number of nitrogens with zero attached hydrogens (tertiary/aromatic N) is 2. The summed E-state index contributed by atoms with van der Waals surface area (Å²) in [6, 6.07) is 13.6. The Hall–Kier alpha value is -3.02. The molecule has 0 radical (unpaired) electrons. The van der Waals surface area contributed by atoms with Crippen LogP contribution in [0.4, 0.5) is 5.69 Å². The number of anilines is 1. The van der Waals surface area contributed by atoms with E-state index in [-0.39, 0.29) is 11.8 Å². The average molecular weight is 349 g/mol. The third-order valence-electron chi connectivity index (χ3n) is 5.04. The van der Waals surface area contributed by atoms with Crippen LogP contribution < -0.4 is 14.8 Å². The van der Waals surface area contributed by atoms with Crippen molar-refractivity contribution in [2.24, 2.45) is 5.92 Å². The van der Waals surface area contributed by atoms with Crippen molar-refractivity contribution in [3.8, 4) is 11.5 Å². The molecule has 0 aliphatic carbocycles. The van der Waals surface area contributed by atoms with Gasteiger partial charge in [0.2, 0.25) is 5.91 Å². The van der Waals surface area contributed by atoms with E-state index in [4.69, 9.17) is 14.5 Å². The molecule has 1 aromatic heterocycles. The highest BCUT2D eigenvalue weighted by molar-refractivity contribution is 5.93. The van der Waals surface area contributed by atoms with Gasteiger partial charge in [-0.15, -0.1) is 0 Å². The van der Waals surface area contributed by atoms with Gasteiger partial charge in [0.25, 0.3) is 0 Å². The molecule has 5 rings (SSSR count). The molecule has 6 nitrogen and oxygen atoms in total. The molecule has 0 fully saturated rings. The van der Waals surface area contributed by atoms with E-state index in [2.05, 4.69) is 16.0 Å². The van der Waals surface area contributed by atoms with Crippen molar-refractivity contribution in [3.05, 3.63) is 48.3 Å². The second kappa shape index (κ2) is 6.05. The van der Waals surface area contributed by atoms with E-state index in [1.165, 1.54) is 0 Å². The molecule has 1 atom stereocenters. The highest BCUT2D eigenvalue weighted by Crippen LogP contribution is 2.33. The number of hydrogen-bond donors (Lipinski definition) is 1. The number of hydrogen-bond acceptors (Lipinski definition) is 4. The van der Waals surface area contributed by atoms with Crippen molar-refractivity contribution >= 4 is 22.6 Å². The molecule has 2 aromatic carbocycles. The van der Waals surface area contributed by atoms with Crippen LogP contribution in [0, 0.1) is 5.92 Å². The summed E-state index contributed by atoms with van der Waals surface area (Å²) < 4.78 is 13.3. The Balaban J connectivity index is 1.33. The maximum absolute atomic E-state index is 12.7. The second-order valence-corrected chi connectivity index (χ2v) is 6.71. The highest BCUT2D eigenvalue weighted by atomic mass is 16.6. The van der Waals surface area contributed by atoms with Gasteiger partial charge in [-0.25, -0.2) is 4.98 Å². The Morgan fingerprint density at radius 3 is 2.88 bits per heavy atom. The van der Waals surface area contributed by atoms with Crippen LogP contribution in [0.25, 0.3) is 11.0 Å². The maximum Gasteiger partial charge on any atom is 0.228 e. The van der Waals surface area contributed by atoms with Gasteiger partial charge < -0.3 is 19.4 Å². The summed E-state index contributed by atoms with van der Waals surface area (Å²) >= 11 is 0. The number of carbonyl (C=O) groups excluding carboxylic acids is 1. The molecule has 2 aliphatic rings. The van der Waals surface area contributed by atoms with Gasteiger partial charge in [-0.05, 0) is 30.7 Å². The summed E-state index contributed by atoms with van der Waals surface area (Å²) in [6.07, 6.45) is 1.47. The average Bonchev–Trinajstić information content (AvgIpc) is 3.05. The lowest BCUT2D eigenvalue weighted by Gasteiger charge is -2.23. The SMILES string of the molecule is O=C(Nc1ccc2c(c1)OCCO2)C1CCn2c(nc3ccccc32)C1. The number of ether oxygens (including phenoxy) is 2. The minimum absolute atomic E-state index is 0.0278. The number of carbonyl (C=O) groups is 1. The molecule has 1 N–H and O–H groups in total. The molecule has 0 bridgehead atoms. The summed E-state index contributed by atoms with van der Waals surface area (Å²) in [6.45, 7) is 1.90. The molecule has 1 amide bonds. The molecule has 0 saturated heterocycles. The van der Waals surface area contributed by atoms with Crippen LogP contribution in [-0.4, -0.2) is 28.7 Å². The minimum Gasteiger partial charge on any atom is -0.486 e. The fraction of sp³-hybridized carbons (Fsp3) is 0.300. The Kier molecular flexibility index (Phi) is 3.55. The number of benzene rings is 2. The fourth-order valence-corrected chi connectivity index (χ4v) is 3.73. The van der Waals surface area contributed by atoms with Crippen molar-refractivity contribution in [1.29, 1.82) is 0 Å². The molecule has 0 saturated carbocycles. The fourth-order valence-electron chi connectivity index (χ4n) is 3.73. The van der Waals surface area contributed by atoms with Crippen molar-refractivity contribution in [2.75, 3.05) is 18.5 Å². The lowest BCUT2D eigenvalue weighted by atomic mass is 9.96. The lowest BCUT2D eigenvalue weighted by Crippen LogP contribution is -2.30. The van der Waals surface area contributed by atoms with E-state index in [1.807, 2.05) is 36.4 Å². The molecular weight excluding hydrogens is 330 g/mol. The van der Waals surface area contributed by atoms with Gasteiger partial charge >= 0.3 is 0 Å². The second-order valence-electron chi connectivity index (χ2n) is 6.71. The normalized spacial score (nSPS) is 18.4. The maximum atomic E-state index is 12.7. The van der Waals surface area contributed by atoms with Crippen LogP contribution in [-0.2, 0) is 17.8 Å². The smallest absolute Gasteiger partial charge is 0.228 e. The standard InChI is InChI=1S/C20H19N3O3/c24-20(21-14-5-6-17-18(12-14)26-10-9-25-17)13-7-8-23-16-4-2-1-3-15(16)22-19(23)11-13/h1-6,12-13H,7-11H2,(H,21,24). The monoisotopic (exact) mass is 349 g/mol. The molecule has 132 valence electrons. The highest BCUT2D eigenvalue weighted by Gasteiger charge is 2.27. The van der Waals surface area contributed by atoms with E-state index in [0.29, 0.717) is 25.4 Å². The number of imidazole rings is 1. The number of aryl methyl sites for hydroxylation is 1. The Labute approximate surface area is 150 Å². The molecule has 3 aromatic rings. The summed E-state index contributed by atoms with van der Waals surface area (Å²) in [5.74, 6) is 2.34. The number of rotatable bonds is 2. The van der Waals surface area contributed by atoms with E-state index in [9.17, 15) is 4.79 Å². The molecule has 2 aliphatic heterocycles. The largest absolute Gasteiger partial charge is 0.486 e. The predicted molar refractivity (Wildman–Crippen MR) is 97.6 cm³/mol. The van der Waals surface area contributed by atoms with Gasteiger partial charge in [0, 0.05) is 30.6 Å². The van der Waals surface area contributed by atoms with Crippen molar-refractivity contribution in [3.63, 3.8) is 0 Å². The lowest BCUT2D eigenvalue weighted by molar-refractivity contribution is -0.120. The van der Waals surface area contributed by atoms with Crippen LogP contribution in [0.1, 0.15) is 12.2 Å². The zero-order valence-corrected chi connectivity index (χ0v) is 14.3. The first-order valence-corrected chi connectivity index (χ1v) is 8.92. The molecule has 0 spiro atoms. The van der Waals surface area contributed by atoms with Crippen LogP contribution in [0.15, 0.2) is 42.5 Å². The summed E-state index contributed by atoms with van der Waals surface area (Å²) in [7, 11) is 0. The van der Waals surface area contributed by atoms with Gasteiger partial charge in [-0.3, -0.25) is 4.79 Å². The number of para-hydroxylation sites is 2. The summed E-state index contributed by atoms with van der Waals surface area (Å²) in [5, 5.41) is 3.01. The first kappa shape index (κ1) is 15.3. The Morgan fingerprint density at radius 2 is 1.96 bits per heavy atom. The van der Waals surface area contributed by atoms with Crippen molar-refractivity contribution in [2.45, 2.75) is 19.4 Å². The Bertz CT molecular complexity index is 995. The summed E-state index contributed by atoms with van der Waals surface area (Å²) in [5.41, 5.74) is 2.88. The van der Waals surface area contributed by atoms with Crippen LogP contribution >= 0.6 is 0 Å². The van der Waals surface area contributed by atoms with E-state index in [1.54, 1.807) is 0 Å². The topological polar surface area (TPSA) is 65.4 Å². The molecule has 3 heterocycles. The van der Waals surface area contributed by atoms with Gasteiger partial charge in [0.05, 0.1) is 11.0 Å². The summed E-state index contributed by atoms with van der Waals surface area (Å²) in [4.78, 5) is 17.4. The molecule has 6 heteroatoms. The predicted octanol–water partition coefficient (Wildman–Crippen LogP) is 3.01. The third kappa shape index (κ3) is 2.58. The van der Waals surface area contributed by atoms with Gasteiger partial charge in [-0.2, -0.15) is 0 Å². The zero-order valence-electron chi connectivity index (χ0n) is 14.3. The Morgan fingerprint density at radius 1 is 1.12 bits per heavy atom. The molecule has 1 unspecified atom stereocenters. The number of fused-ring (bicyclic) bond motifs is 4. The first-order valence-electron chi connectivity index (χ1n) is 8.92. The van der Waals surface area contributed by atoms with E-state index < -0.39 is 0 Å². The van der Waals surface area contributed by atoms with Crippen LogP contribution in [0.5, 0.6) is 11.5 Å². The third-order valence-corrected chi connectivity index (χ3v) is 5.04. The molecule has 26 heavy (non-hydrogen) atoms. The van der Waals surface area contributed by atoms with E-state index >= 15 is 0 Å². The van der Waals surface area contributed by atoms with Crippen molar-refractivity contribution < 1.29 is 14.3 Å². The first-order chi connectivity index (χ1) is 12.8. The van der Waals surface area contributed by atoms with Crippen LogP contribution in [0.2, 0.25) is 0 Å². The molecular formula is C20H19N3O3. The number of amides is 1. The van der Waals surface area contributed by atoms with Gasteiger partial charge in [0.15, 0.2) is 11.5 Å². The minimum atomic E-state index is -0.0764. The van der Waals surface area contributed by atoms with E-state index in [0.717, 1.165) is 41.3 Å². The van der Waals surface area contributed by atoms with Gasteiger partial charge in [-0.1, -0.05) is 12.1 Å². The number of nitrogens with one attached hydrogen (secondary N) is 1. The number of aromatic nitrogens is 2. The quantitative estimate of drug-likeness (QED) is 0.772. The van der Waals surface area contributed by atoms with Crippen molar-refractivity contribution in [1.82, 2.24) is 9.55 Å².